The Morgan fingerprint density at radius 3 is 2.62 bits per heavy atom. The highest BCUT2D eigenvalue weighted by molar-refractivity contribution is 5.82. The fourth-order valence-corrected chi connectivity index (χ4v) is 3.66. The quantitative estimate of drug-likeness (QED) is 0.471. The molecule has 0 aromatic rings. The first-order chi connectivity index (χ1) is 13.7. The zero-order chi connectivity index (χ0) is 21.5. The molecule has 0 N–H and O–H groups in total. The van der Waals surface area contributed by atoms with Crippen LogP contribution in [-0.4, -0.2) is 92.1 Å². The van der Waals surface area contributed by atoms with Crippen LogP contribution < -0.4 is 0 Å². The van der Waals surface area contributed by atoms with Gasteiger partial charge in [0.05, 0.1) is 7.11 Å². The number of methoxy groups -OCH3 is 1. The Labute approximate surface area is 174 Å². The summed E-state index contributed by atoms with van der Waals surface area (Å²) in [5, 5.41) is 0. The minimum absolute atomic E-state index is 0.281. The first-order valence-corrected chi connectivity index (χ1v) is 10.5. The van der Waals surface area contributed by atoms with Gasteiger partial charge in [-0.3, -0.25) is 0 Å². The number of carbonyl (C=O) groups excluding carboxylic acids is 2. The standard InChI is InChI=1S/C21H37N2O6/c1-20(2,3)29-19(25)22(4)11-8-17-16-27-15-13-23(17)12-10-21(18(24)26-5)9-6-7-14-28-21/h6-16H2,1-5H3/q+1/t21-/m0/s1. The molecule has 0 saturated carbocycles. The van der Waals surface area contributed by atoms with Gasteiger partial charge in [-0.05, 0) is 40.0 Å². The van der Waals surface area contributed by atoms with Gasteiger partial charge in [0.25, 0.3) is 0 Å². The van der Waals surface area contributed by atoms with E-state index in [2.05, 4.69) is 4.58 Å². The summed E-state index contributed by atoms with van der Waals surface area (Å²) in [5.74, 6) is -0.281. The van der Waals surface area contributed by atoms with Gasteiger partial charge >= 0.3 is 12.1 Å². The Morgan fingerprint density at radius 1 is 1.24 bits per heavy atom. The minimum Gasteiger partial charge on any atom is -0.467 e. The van der Waals surface area contributed by atoms with E-state index in [-0.39, 0.29) is 12.1 Å². The van der Waals surface area contributed by atoms with Gasteiger partial charge in [0, 0.05) is 33.0 Å². The van der Waals surface area contributed by atoms with Gasteiger partial charge in [0.2, 0.25) is 0 Å². The predicted octanol–water partition coefficient (Wildman–Crippen LogP) is 2.23. The molecule has 2 heterocycles. The number of ether oxygens (including phenoxy) is 4. The highest BCUT2D eigenvalue weighted by atomic mass is 16.6. The number of rotatable bonds is 7. The highest BCUT2D eigenvalue weighted by Crippen LogP contribution is 2.30. The van der Waals surface area contributed by atoms with Crippen molar-refractivity contribution >= 4 is 17.8 Å². The van der Waals surface area contributed by atoms with Crippen LogP contribution in [0.3, 0.4) is 0 Å². The molecule has 0 aliphatic carbocycles. The average molecular weight is 414 g/mol. The summed E-state index contributed by atoms with van der Waals surface area (Å²) in [6.45, 7) is 9.36. The number of nitrogens with zero attached hydrogens (tertiary/aromatic N) is 2. The maximum Gasteiger partial charge on any atom is 0.410 e. The summed E-state index contributed by atoms with van der Waals surface area (Å²) >= 11 is 0. The maximum absolute atomic E-state index is 12.4. The van der Waals surface area contributed by atoms with Crippen molar-refractivity contribution in [2.45, 2.75) is 64.1 Å². The molecule has 166 valence electrons. The largest absolute Gasteiger partial charge is 0.467 e. The fourth-order valence-electron chi connectivity index (χ4n) is 3.66. The van der Waals surface area contributed by atoms with Crippen molar-refractivity contribution in [3.8, 4) is 0 Å². The molecule has 1 saturated heterocycles. The molecule has 0 bridgehead atoms. The normalized spacial score (nSPS) is 22.9. The predicted molar refractivity (Wildman–Crippen MR) is 108 cm³/mol. The zero-order valence-corrected chi connectivity index (χ0v) is 18.6. The van der Waals surface area contributed by atoms with E-state index in [9.17, 15) is 9.59 Å². The lowest BCUT2D eigenvalue weighted by atomic mass is 9.90. The second kappa shape index (κ2) is 10.4. The van der Waals surface area contributed by atoms with Crippen LogP contribution in [0.25, 0.3) is 0 Å². The van der Waals surface area contributed by atoms with Crippen LogP contribution in [0.4, 0.5) is 4.79 Å². The lowest BCUT2D eigenvalue weighted by Crippen LogP contribution is -2.48. The molecule has 2 aliphatic heterocycles. The molecule has 2 aliphatic rings. The van der Waals surface area contributed by atoms with E-state index in [1.165, 1.54) is 7.11 Å². The van der Waals surface area contributed by atoms with E-state index in [1.54, 1.807) is 11.9 Å². The van der Waals surface area contributed by atoms with Crippen molar-refractivity contribution < 1.29 is 33.1 Å². The Balaban J connectivity index is 1.99. The topological polar surface area (TPSA) is 77.3 Å². The van der Waals surface area contributed by atoms with Crippen LogP contribution in [0.1, 0.15) is 52.9 Å². The van der Waals surface area contributed by atoms with Gasteiger partial charge in [0.15, 0.2) is 17.9 Å². The Bertz CT molecular complexity index is 605. The van der Waals surface area contributed by atoms with Crippen LogP contribution >= 0.6 is 0 Å². The Morgan fingerprint density at radius 2 is 2.00 bits per heavy atom. The third-order valence-electron chi connectivity index (χ3n) is 5.36. The van der Waals surface area contributed by atoms with Crippen LogP contribution in [0.2, 0.25) is 0 Å². The molecule has 0 unspecified atom stereocenters. The van der Waals surface area contributed by atoms with Gasteiger partial charge in [0.1, 0.15) is 25.4 Å². The molecule has 0 aromatic carbocycles. The van der Waals surface area contributed by atoms with E-state index in [0.29, 0.717) is 52.2 Å². The summed E-state index contributed by atoms with van der Waals surface area (Å²) in [4.78, 5) is 26.2. The molecular formula is C21H37N2O6+. The van der Waals surface area contributed by atoms with Gasteiger partial charge < -0.3 is 23.8 Å². The van der Waals surface area contributed by atoms with Crippen molar-refractivity contribution in [3.63, 3.8) is 0 Å². The van der Waals surface area contributed by atoms with Crippen molar-refractivity contribution in [1.82, 2.24) is 4.90 Å². The summed E-state index contributed by atoms with van der Waals surface area (Å²) < 4.78 is 24.2. The highest BCUT2D eigenvalue weighted by Gasteiger charge is 2.43. The zero-order valence-electron chi connectivity index (χ0n) is 18.6. The molecular weight excluding hydrogens is 376 g/mol. The molecule has 8 heteroatoms. The number of hydrogen-bond donors (Lipinski definition) is 0. The summed E-state index contributed by atoms with van der Waals surface area (Å²) in [6.07, 6.45) is 3.59. The molecule has 1 fully saturated rings. The van der Waals surface area contributed by atoms with Crippen molar-refractivity contribution in [2.24, 2.45) is 0 Å². The van der Waals surface area contributed by atoms with Crippen molar-refractivity contribution in [2.75, 3.05) is 53.6 Å². The summed E-state index contributed by atoms with van der Waals surface area (Å²) in [5.41, 5.74) is -0.229. The second-order valence-corrected chi connectivity index (χ2v) is 8.80. The number of esters is 1. The smallest absolute Gasteiger partial charge is 0.410 e. The van der Waals surface area contributed by atoms with Crippen LogP contribution in [0.15, 0.2) is 0 Å². The number of hydrogen-bond acceptors (Lipinski definition) is 6. The van der Waals surface area contributed by atoms with Crippen LogP contribution in [-0.2, 0) is 23.7 Å². The molecule has 2 rings (SSSR count). The molecule has 0 radical (unpaired) electrons. The second-order valence-electron chi connectivity index (χ2n) is 8.80. The lowest BCUT2D eigenvalue weighted by Gasteiger charge is -2.34. The van der Waals surface area contributed by atoms with E-state index in [1.807, 2.05) is 20.8 Å². The van der Waals surface area contributed by atoms with Crippen LogP contribution in [0, 0.1) is 0 Å². The minimum atomic E-state index is -0.844. The van der Waals surface area contributed by atoms with Gasteiger partial charge in [-0.1, -0.05) is 0 Å². The monoisotopic (exact) mass is 413 g/mol. The van der Waals surface area contributed by atoms with E-state index >= 15 is 0 Å². The van der Waals surface area contributed by atoms with Gasteiger partial charge in [-0.25, -0.2) is 14.2 Å². The first kappa shape index (κ1) is 23.6. The molecule has 0 spiro atoms. The number of amides is 1. The van der Waals surface area contributed by atoms with Crippen molar-refractivity contribution in [3.05, 3.63) is 0 Å². The van der Waals surface area contributed by atoms with Crippen LogP contribution in [0.5, 0.6) is 0 Å². The molecule has 8 nitrogen and oxygen atoms in total. The third-order valence-corrected chi connectivity index (χ3v) is 5.36. The van der Waals surface area contributed by atoms with Crippen molar-refractivity contribution in [1.29, 1.82) is 0 Å². The third kappa shape index (κ3) is 6.96. The van der Waals surface area contributed by atoms with E-state index in [0.717, 1.165) is 25.1 Å². The van der Waals surface area contributed by atoms with Gasteiger partial charge in [-0.2, -0.15) is 0 Å². The SMILES string of the molecule is COC(=O)[C@@]1(CC[N+]2=C(CCN(C)C(=O)OC(C)(C)C)COCC2)CCCCO1. The first-order valence-electron chi connectivity index (χ1n) is 10.5. The molecule has 1 atom stereocenters. The average Bonchev–Trinajstić information content (AvgIpc) is 2.69. The number of carbonyl (C=O) groups is 2. The lowest BCUT2D eigenvalue weighted by molar-refractivity contribution is -0.543. The summed E-state index contributed by atoms with van der Waals surface area (Å²) in [7, 11) is 3.16. The molecule has 1 amide bonds. The summed E-state index contributed by atoms with van der Waals surface area (Å²) in [6, 6.07) is 0. The Hall–Kier alpha value is -1.67. The van der Waals surface area contributed by atoms with E-state index < -0.39 is 11.2 Å². The van der Waals surface area contributed by atoms with Gasteiger partial charge in [-0.15, -0.1) is 0 Å². The maximum atomic E-state index is 12.4. The fraction of sp³-hybridized carbons (Fsp3) is 0.857. The van der Waals surface area contributed by atoms with E-state index in [4.69, 9.17) is 18.9 Å². The molecule has 0 aromatic heterocycles. The molecule has 29 heavy (non-hydrogen) atoms. The Kier molecular flexibility index (Phi) is 8.46.